The molecule has 3 amide bonds. The highest BCUT2D eigenvalue weighted by atomic mass is 32.2. The summed E-state index contributed by atoms with van der Waals surface area (Å²) in [5.41, 5.74) is 6.46. The van der Waals surface area contributed by atoms with Gasteiger partial charge in [-0.05, 0) is 33.3 Å². The van der Waals surface area contributed by atoms with Crippen molar-refractivity contribution in [2.75, 3.05) is 6.79 Å². The van der Waals surface area contributed by atoms with Crippen LogP contribution in [0.1, 0.15) is 45.7 Å². The summed E-state index contributed by atoms with van der Waals surface area (Å²) in [6, 6.07) is 3.40. The first kappa shape index (κ1) is 28.4. The summed E-state index contributed by atoms with van der Waals surface area (Å²) >= 11 is 1.48. The Hall–Kier alpha value is -3.17. The van der Waals surface area contributed by atoms with Crippen molar-refractivity contribution >= 4 is 51.3 Å². The van der Waals surface area contributed by atoms with Crippen LogP contribution >= 0.6 is 11.8 Å². The van der Waals surface area contributed by atoms with Crippen LogP contribution in [-0.4, -0.2) is 93.0 Å². The van der Waals surface area contributed by atoms with Gasteiger partial charge in [-0.25, -0.2) is 18.0 Å². The predicted octanol–water partition coefficient (Wildman–Crippen LogP) is -0.589. The summed E-state index contributed by atoms with van der Waals surface area (Å²) in [6.07, 6.45) is 0.336. The number of nitrogens with one attached hydrogen (secondary N) is 1. The number of benzene rings is 1. The van der Waals surface area contributed by atoms with Crippen molar-refractivity contribution in [3.63, 3.8) is 0 Å². The van der Waals surface area contributed by atoms with Gasteiger partial charge in [-0.2, -0.15) is 0 Å². The summed E-state index contributed by atoms with van der Waals surface area (Å²) < 4.78 is 34.7. The van der Waals surface area contributed by atoms with E-state index in [1.807, 2.05) is 13.8 Å². The fraction of sp³-hybridized carbons (Fsp3) is 0.560. The molecule has 4 aliphatic rings. The molecular formula is C25H30N4O9S2. The van der Waals surface area contributed by atoms with Crippen LogP contribution in [0.4, 0.5) is 0 Å². The zero-order chi connectivity index (χ0) is 29.4. The molecule has 13 nitrogen and oxygen atoms in total. The van der Waals surface area contributed by atoms with E-state index in [0.717, 1.165) is 4.90 Å². The van der Waals surface area contributed by atoms with E-state index in [-0.39, 0.29) is 11.3 Å². The molecule has 0 saturated carbocycles. The fourth-order valence-corrected chi connectivity index (χ4v) is 9.57. The lowest BCUT2D eigenvalue weighted by Gasteiger charge is -2.43. The molecule has 6 atom stereocenters. The molecule has 0 aromatic heterocycles. The number of nitrogens with zero attached hydrogens (tertiary/aromatic N) is 2. The van der Waals surface area contributed by atoms with Gasteiger partial charge < -0.3 is 30.3 Å². The van der Waals surface area contributed by atoms with E-state index in [9.17, 15) is 32.4 Å². The monoisotopic (exact) mass is 594 g/mol. The molecule has 216 valence electrons. The van der Waals surface area contributed by atoms with Gasteiger partial charge in [-0.15, -0.1) is 11.8 Å². The molecular weight excluding hydrogens is 564 g/mol. The van der Waals surface area contributed by atoms with E-state index >= 15 is 0 Å². The highest BCUT2D eigenvalue weighted by molar-refractivity contribution is 8.01. The molecule has 0 bridgehead atoms. The zero-order valence-corrected chi connectivity index (χ0v) is 23.9. The molecule has 2 unspecified atom stereocenters. The number of nitrogens with two attached hydrogens (primary N) is 1. The Morgan fingerprint density at radius 1 is 1.05 bits per heavy atom. The fourth-order valence-electron chi connectivity index (χ4n) is 5.74. The van der Waals surface area contributed by atoms with Crippen LogP contribution in [0.15, 0.2) is 30.3 Å². The minimum absolute atomic E-state index is 0.114. The maximum Gasteiger partial charge on any atom is 0.333 e. The third-order valence-electron chi connectivity index (χ3n) is 7.98. The number of fused-ring (bicyclic) bond motifs is 2. The summed E-state index contributed by atoms with van der Waals surface area (Å²) in [6.45, 7) is 5.37. The van der Waals surface area contributed by atoms with Crippen molar-refractivity contribution in [2.45, 2.75) is 78.5 Å². The minimum atomic E-state index is -4.17. The second kappa shape index (κ2) is 9.45. The van der Waals surface area contributed by atoms with E-state index in [1.54, 1.807) is 30.3 Å². The van der Waals surface area contributed by atoms with Crippen molar-refractivity contribution in [3.8, 4) is 0 Å². The number of ether oxygens (including phenoxy) is 2. The maximum atomic E-state index is 13.4. The number of hydrogen-bond donors (Lipinski definition) is 2. The lowest BCUT2D eigenvalue weighted by atomic mass is 9.95. The molecule has 15 heteroatoms. The Labute approximate surface area is 235 Å². The largest absolute Gasteiger partial charge is 0.426 e. The van der Waals surface area contributed by atoms with Crippen LogP contribution in [-0.2, 0) is 43.3 Å². The Balaban J connectivity index is 1.24. The molecule has 4 heterocycles. The Morgan fingerprint density at radius 3 is 2.25 bits per heavy atom. The number of β-lactam (4-membered cyclic amide) rings is 2. The quantitative estimate of drug-likeness (QED) is 0.234. The molecule has 40 heavy (non-hydrogen) atoms. The van der Waals surface area contributed by atoms with E-state index in [4.69, 9.17) is 15.2 Å². The van der Waals surface area contributed by atoms with Gasteiger partial charge in [0.1, 0.15) is 28.9 Å². The van der Waals surface area contributed by atoms with E-state index < -0.39 is 79.4 Å². The third-order valence-corrected chi connectivity index (χ3v) is 12.3. The standard InChI is InChI=1S/C25H30N4O9S2/c1-24(2)17(28-13(30)10-14(28)39-24)22(33)37-11-38-23(34)18-25(3,4)40(35,36)21-16(20(32)29(18)21)27-19(31)15(26)12-8-6-5-7-9-12/h5-9,14-18,21H,10-11,26H2,1-4H3,(H,27,31)/t14-,15?,16-,17+,18?,21-/m1/s1. The molecule has 0 aliphatic carbocycles. The number of sulfone groups is 1. The van der Waals surface area contributed by atoms with Gasteiger partial charge >= 0.3 is 11.9 Å². The zero-order valence-electron chi connectivity index (χ0n) is 22.2. The molecule has 1 aromatic carbocycles. The lowest BCUT2D eigenvalue weighted by Crippen LogP contribution is -2.72. The van der Waals surface area contributed by atoms with Crippen LogP contribution in [0.3, 0.4) is 0 Å². The molecule has 4 aliphatic heterocycles. The molecule has 3 N–H and O–H groups in total. The molecule has 4 fully saturated rings. The first-order valence-electron chi connectivity index (χ1n) is 12.6. The van der Waals surface area contributed by atoms with Crippen molar-refractivity contribution in [1.29, 1.82) is 0 Å². The first-order valence-corrected chi connectivity index (χ1v) is 15.0. The number of esters is 2. The summed E-state index contributed by atoms with van der Waals surface area (Å²) in [5, 5.41) is 0.806. The van der Waals surface area contributed by atoms with Crippen LogP contribution in [0.5, 0.6) is 0 Å². The topological polar surface area (TPSA) is 182 Å². The van der Waals surface area contributed by atoms with E-state index in [0.29, 0.717) is 12.0 Å². The SMILES string of the molecule is CC1(C)S[C@@H]2CC(=O)N2[C@H]1C(=O)OCOC(=O)C1N2C(=O)[C@@H](NC(=O)C(N)c3ccccc3)[C@H]2S(=O)(=O)C1(C)C. The number of amides is 3. The average Bonchev–Trinajstić information content (AvgIpc) is 3.19. The minimum Gasteiger partial charge on any atom is -0.426 e. The van der Waals surface area contributed by atoms with E-state index in [1.165, 1.54) is 30.5 Å². The lowest BCUT2D eigenvalue weighted by molar-refractivity contribution is -0.181. The summed E-state index contributed by atoms with van der Waals surface area (Å²) in [4.78, 5) is 65.9. The Kier molecular flexibility index (Phi) is 6.70. The number of carbonyl (C=O) groups is 5. The maximum absolute atomic E-state index is 13.4. The second-order valence-electron chi connectivity index (χ2n) is 11.2. The van der Waals surface area contributed by atoms with E-state index in [2.05, 4.69) is 5.32 Å². The second-order valence-corrected chi connectivity index (χ2v) is 15.6. The highest BCUT2D eigenvalue weighted by Gasteiger charge is 2.73. The van der Waals surface area contributed by atoms with Gasteiger partial charge in [0.15, 0.2) is 15.2 Å². The summed E-state index contributed by atoms with van der Waals surface area (Å²) in [7, 11) is -4.17. The average molecular weight is 595 g/mol. The predicted molar refractivity (Wildman–Crippen MR) is 140 cm³/mol. The van der Waals surface area contributed by atoms with Crippen LogP contribution in [0.25, 0.3) is 0 Å². The van der Waals surface area contributed by atoms with Gasteiger partial charge in [0.25, 0.3) is 0 Å². The normalized spacial score (nSPS) is 31.3. The van der Waals surface area contributed by atoms with Gasteiger partial charge in [-0.1, -0.05) is 30.3 Å². The smallest absolute Gasteiger partial charge is 0.333 e. The highest BCUT2D eigenvalue weighted by Crippen LogP contribution is 2.51. The number of rotatable bonds is 7. The first-order chi connectivity index (χ1) is 18.6. The van der Waals surface area contributed by atoms with Gasteiger partial charge in [0.05, 0.1) is 11.8 Å². The number of carbonyl (C=O) groups excluding carboxylic acids is 5. The van der Waals surface area contributed by atoms with Crippen molar-refractivity contribution in [1.82, 2.24) is 15.1 Å². The molecule has 0 spiro atoms. The third kappa shape index (κ3) is 4.08. The van der Waals surface area contributed by atoms with Crippen molar-refractivity contribution in [3.05, 3.63) is 35.9 Å². The van der Waals surface area contributed by atoms with Crippen LogP contribution < -0.4 is 11.1 Å². The van der Waals surface area contributed by atoms with Gasteiger partial charge in [-0.3, -0.25) is 14.4 Å². The van der Waals surface area contributed by atoms with Crippen LogP contribution in [0.2, 0.25) is 0 Å². The number of thioether (sulfide) groups is 1. The number of hydrogen-bond acceptors (Lipinski definition) is 11. The Morgan fingerprint density at radius 2 is 1.65 bits per heavy atom. The molecule has 5 rings (SSSR count). The van der Waals surface area contributed by atoms with Gasteiger partial charge in [0.2, 0.25) is 24.5 Å². The molecule has 4 saturated heterocycles. The Bertz CT molecular complexity index is 1400. The summed E-state index contributed by atoms with van der Waals surface area (Å²) in [5.74, 6) is -3.53. The molecule has 0 radical (unpaired) electrons. The van der Waals surface area contributed by atoms with Gasteiger partial charge in [0, 0.05) is 4.75 Å². The van der Waals surface area contributed by atoms with Crippen LogP contribution in [0, 0.1) is 0 Å². The molecule has 1 aromatic rings. The van der Waals surface area contributed by atoms with Crippen molar-refractivity contribution < 1.29 is 41.9 Å². The van der Waals surface area contributed by atoms with Crippen molar-refractivity contribution in [2.24, 2.45) is 5.73 Å².